The molecule has 3 amide bonds. The Morgan fingerprint density at radius 1 is 0.958 bits per heavy atom. The number of rotatable bonds is 6. The third-order valence-corrected chi connectivity index (χ3v) is 12.8. The number of amides is 3. The largest absolute Gasteiger partial charge is 0.484 e. The Labute approximate surface area is 284 Å². The van der Waals surface area contributed by atoms with Gasteiger partial charge in [0.2, 0.25) is 11.8 Å². The minimum atomic E-state index is -4.62. The number of imide groups is 1. The summed E-state index contributed by atoms with van der Waals surface area (Å²) in [5.74, 6) is -2.00. The molecule has 3 fully saturated rings. The number of ether oxygens (including phenoxy) is 1. The van der Waals surface area contributed by atoms with Gasteiger partial charge in [0, 0.05) is 21.1 Å². The predicted octanol–water partition coefficient (Wildman–Crippen LogP) is 6.80. The summed E-state index contributed by atoms with van der Waals surface area (Å²) in [5, 5.41) is 3.57. The van der Waals surface area contributed by atoms with E-state index in [9.17, 15) is 32.3 Å². The lowest BCUT2D eigenvalue weighted by Crippen LogP contribution is -2.42. The van der Waals surface area contributed by atoms with E-state index in [2.05, 4.69) is 10.3 Å². The Hall–Kier alpha value is -4.07. The molecule has 3 aromatic carbocycles. The van der Waals surface area contributed by atoms with Crippen LogP contribution < -0.4 is 19.8 Å². The lowest BCUT2D eigenvalue weighted by molar-refractivity contribution is -0.137. The molecule has 6 unspecified atom stereocenters. The molecule has 2 aliphatic heterocycles. The zero-order chi connectivity index (χ0) is 33.5. The van der Waals surface area contributed by atoms with Crippen LogP contribution in [0, 0.1) is 29.6 Å². The van der Waals surface area contributed by atoms with E-state index in [1.807, 2.05) is 12.1 Å². The molecule has 48 heavy (non-hydrogen) atoms. The highest BCUT2D eigenvalue weighted by Crippen LogP contribution is 2.68. The summed E-state index contributed by atoms with van der Waals surface area (Å²) in [7, 11) is 0. The number of aromatic amines is 1. The Bertz CT molecular complexity index is 2020. The molecule has 8 rings (SSSR count). The second-order valence-corrected chi connectivity index (χ2v) is 15.0. The monoisotopic (exact) mass is 711 g/mol. The van der Waals surface area contributed by atoms with Gasteiger partial charge in [-0.15, -0.1) is 11.8 Å². The maximum absolute atomic E-state index is 13.9. The molecule has 3 heterocycles. The van der Waals surface area contributed by atoms with E-state index in [-0.39, 0.29) is 51.3 Å². The second-order valence-electron chi connectivity index (χ2n) is 12.4. The highest BCUT2D eigenvalue weighted by molar-refractivity contribution is 8.00. The van der Waals surface area contributed by atoms with Gasteiger partial charge in [0.15, 0.2) is 6.61 Å². The van der Waals surface area contributed by atoms with E-state index in [1.54, 1.807) is 48.2 Å². The minimum absolute atomic E-state index is 0.00614. The molecule has 4 aliphatic rings. The number of nitrogens with one attached hydrogen (secondary N) is 2. The zero-order valence-corrected chi connectivity index (χ0v) is 27.1. The minimum Gasteiger partial charge on any atom is -0.484 e. The van der Waals surface area contributed by atoms with Crippen molar-refractivity contribution in [2.75, 3.05) is 16.8 Å². The number of thiazole rings is 1. The normalized spacial score (nSPS) is 27.1. The highest BCUT2D eigenvalue weighted by atomic mass is 35.5. The smallest absolute Gasteiger partial charge is 0.418 e. The molecule has 7 atom stereocenters. The first-order valence-corrected chi connectivity index (χ1v) is 17.3. The van der Waals surface area contributed by atoms with Crippen molar-refractivity contribution in [2.24, 2.45) is 29.6 Å². The zero-order valence-electron chi connectivity index (χ0n) is 24.7. The number of H-pyrrole nitrogens is 1. The fourth-order valence-electron chi connectivity index (χ4n) is 8.18. The van der Waals surface area contributed by atoms with Crippen LogP contribution in [0.4, 0.5) is 24.5 Å². The number of nitrogens with zero attached hydrogens (tertiary/aromatic N) is 1. The van der Waals surface area contributed by atoms with Crippen molar-refractivity contribution in [3.05, 3.63) is 103 Å². The van der Waals surface area contributed by atoms with E-state index >= 15 is 0 Å². The van der Waals surface area contributed by atoms with Crippen molar-refractivity contribution in [1.29, 1.82) is 0 Å². The summed E-state index contributed by atoms with van der Waals surface area (Å²) >= 11 is 8.80. The van der Waals surface area contributed by atoms with E-state index < -0.39 is 36.1 Å². The number of halogens is 4. The summed E-state index contributed by atoms with van der Waals surface area (Å²) in [6, 6.07) is 18.5. The third-order valence-electron chi connectivity index (χ3n) is 9.92. The molecule has 1 saturated heterocycles. The number of fused-ring (bicyclic) bond motifs is 9. The van der Waals surface area contributed by atoms with Crippen molar-refractivity contribution in [3.63, 3.8) is 0 Å². The van der Waals surface area contributed by atoms with Crippen LogP contribution in [0.1, 0.15) is 28.3 Å². The number of hydrogen-bond donors (Lipinski definition) is 2. The molecule has 0 spiro atoms. The number of thioether (sulfide) groups is 1. The van der Waals surface area contributed by atoms with Crippen LogP contribution in [-0.4, -0.2) is 34.6 Å². The van der Waals surface area contributed by atoms with Crippen LogP contribution in [-0.2, 0) is 20.6 Å². The summed E-state index contributed by atoms with van der Waals surface area (Å²) in [6.45, 7) is -0.507. The average Bonchev–Trinajstić information content (AvgIpc) is 3.79. The van der Waals surface area contributed by atoms with Gasteiger partial charge < -0.3 is 15.0 Å². The number of para-hydroxylation sites is 1. The highest BCUT2D eigenvalue weighted by Gasteiger charge is 2.69. The van der Waals surface area contributed by atoms with Crippen LogP contribution in [0.3, 0.4) is 0 Å². The topological polar surface area (TPSA) is 109 Å². The number of anilines is 2. The molecule has 14 heteroatoms. The van der Waals surface area contributed by atoms with Gasteiger partial charge in [-0.1, -0.05) is 47.2 Å². The van der Waals surface area contributed by atoms with Crippen molar-refractivity contribution in [2.45, 2.75) is 28.8 Å². The van der Waals surface area contributed by atoms with Crippen LogP contribution in [0.2, 0.25) is 5.02 Å². The molecular formula is C34H25ClF3N3O5S2. The van der Waals surface area contributed by atoms with E-state index in [0.717, 1.165) is 39.3 Å². The maximum atomic E-state index is 13.9. The SMILES string of the molecule is O=C(COc1ccc([C@H]2c3sc(=O)[nH]c3SC3C4CC(C5C(=O)N(c6ccc(Cl)cc6)C(=O)C45)C32)cc1)Nc1ccccc1C(F)(F)F. The van der Waals surface area contributed by atoms with E-state index in [4.69, 9.17) is 16.3 Å². The Morgan fingerprint density at radius 2 is 1.65 bits per heavy atom. The van der Waals surface area contributed by atoms with Crippen LogP contribution in [0.15, 0.2) is 82.6 Å². The fourth-order valence-corrected chi connectivity index (χ4v) is 11.2. The van der Waals surface area contributed by atoms with Gasteiger partial charge in [-0.05, 0) is 78.3 Å². The molecule has 2 bridgehead atoms. The Balaban J connectivity index is 1.03. The van der Waals surface area contributed by atoms with Gasteiger partial charge in [-0.2, -0.15) is 13.2 Å². The molecule has 4 aromatic rings. The van der Waals surface area contributed by atoms with Crippen molar-refractivity contribution in [3.8, 4) is 5.75 Å². The van der Waals surface area contributed by atoms with Crippen LogP contribution in [0.25, 0.3) is 0 Å². The number of carbonyl (C=O) groups excluding carboxylic acids is 3. The van der Waals surface area contributed by atoms with Gasteiger partial charge in [0.05, 0.1) is 33.8 Å². The third kappa shape index (κ3) is 5.05. The van der Waals surface area contributed by atoms with Gasteiger partial charge in [-0.25, -0.2) is 0 Å². The van der Waals surface area contributed by atoms with Gasteiger partial charge in [0.1, 0.15) is 5.75 Å². The molecular weight excluding hydrogens is 687 g/mol. The van der Waals surface area contributed by atoms with E-state index in [1.165, 1.54) is 23.1 Å². The van der Waals surface area contributed by atoms with Gasteiger partial charge in [0.25, 0.3) is 5.91 Å². The first-order chi connectivity index (χ1) is 23.0. The molecule has 2 N–H and O–H groups in total. The first kappa shape index (κ1) is 31.2. The number of aromatic nitrogens is 1. The number of hydrogen-bond acceptors (Lipinski definition) is 7. The van der Waals surface area contributed by atoms with Crippen molar-refractivity contribution in [1.82, 2.24) is 4.98 Å². The maximum Gasteiger partial charge on any atom is 0.418 e. The fraction of sp³-hybridized carbons (Fsp3) is 0.294. The molecule has 246 valence electrons. The first-order valence-electron chi connectivity index (χ1n) is 15.2. The summed E-state index contributed by atoms with van der Waals surface area (Å²) in [4.78, 5) is 57.7. The van der Waals surface area contributed by atoms with Crippen molar-refractivity contribution < 1.29 is 32.3 Å². The summed E-state index contributed by atoms with van der Waals surface area (Å²) < 4.78 is 45.6. The van der Waals surface area contributed by atoms with Crippen LogP contribution in [0.5, 0.6) is 5.75 Å². The predicted molar refractivity (Wildman–Crippen MR) is 174 cm³/mol. The lowest BCUT2D eigenvalue weighted by atomic mass is 9.68. The standard InChI is InChI=1S/C34H25ClF3N3O5S2/c35-16-7-9-17(10-8-16)41-31(43)26-19-13-20(27(26)32(41)44)28-25(19)24(29-30(47-28)40-33(45)48-29)15-5-11-18(12-6-15)46-14-23(42)39-22-4-2-1-3-21(22)34(36,37)38/h1-12,19-20,24-28H,13-14H2,(H,39,42)(H,40,45)/t19?,20?,24-,25?,26?,27?,28?/m1/s1. The second kappa shape index (κ2) is 11.5. The molecule has 2 aliphatic carbocycles. The number of alkyl halides is 3. The summed E-state index contributed by atoms with van der Waals surface area (Å²) in [5.41, 5.74) is 0.0963. The lowest BCUT2D eigenvalue weighted by Gasteiger charge is -2.43. The number of benzene rings is 3. The van der Waals surface area contributed by atoms with Crippen molar-refractivity contribution >= 4 is 63.8 Å². The molecule has 8 nitrogen and oxygen atoms in total. The summed E-state index contributed by atoms with van der Waals surface area (Å²) in [6.07, 6.45) is -3.88. The van der Waals surface area contributed by atoms with Crippen LogP contribution >= 0.6 is 34.7 Å². The molecule has 0 radical (unpaired) electrons. The quantitative estimate of drug-likeness (QED) is 0.213. The molecule has 2 saturated carbocycles. The average molecular weight is 712 g/mol. The Morgan fingerprint density at radius 3 is 2.35 bits per heavy atom. The van der Waals surface area contributed by atoms with E-state index in [0.29, 0.717) is 16.5 Å². The number of carbonyl (C=O) groups is 3. The van der Waals surface area contributed by atoms with Gasteiger partial charge >= 0.3 is 11.0 Å². The van der Waals surface area contributed by atoms with Gasteiger partial charge in [-0.3, -0.25) is 24.1 Å². The molecule has 1 aromatic heterocycles. The Kier molecular flexibility index (Phi) is 7.49.